The predicted octanol–water partition coefficient (Wildman–Crippen LogP) is 1.86. The third-order valence-corrected chi connectivity index (χ3v) is 4.08. The first kappa shape index (κ1) is 14.9. The molecule has 3 N–H and O–H groups in total. The minimum absolute atomic E-state index is 0.0344. The minimum Gasteiger partial charge on any atom is -0.465 e. The van der Waals surface area contributed by atoms with Crippen LogP contribution < -0.4 is 10.5 Å². The highest BCUT2D eigenvalue weighted by Gasteiger charge is 2.16. The van der Waals surface area contributed by atoms with Gasteiger partial charge in [-0.2, -0.15) is 0 Å². The maximum atomic E-state index is 12.3. The zero-order chi connectivity index (χ0) is 15.5. The first-order valence-corrected chi connectivity index (χ1v) is 7.47. The van der Waals surface area contributed by atoms with Crippen molar-refractivity contribution in [1.82, 2.24) is 0 Å². The molecular weight excluding hydrogens is 292 g/mol. The van der Waals surface area contributed by atoms with E-state index in [0.29, 0.717) is 11.4 Å². The Bertz CT molecular complexity index is 772. The van der Waals surface area contributed by atoms with E-state index >= 15 is 0 Å². The number of benzene rings is 2. The van der Waals surface area contributed by atoms with Crippen LogP contribution in [0, 0.1) is 0 Å². The lowest BCUT2D eigenvalue weighted by Crippen LogP contribution is -2.14. The van der Waals surface area contributed by atoms with E-state index in [1.807, 2.05) is 0 Å². The molecule has 0 aliphatic rings. The molecule has 0 aliphatic carbocycles. The van der Waals surface area contributed by atoms with E-state index in [1.54, 1.807) is 18.2 Å². The average Bonchev–Trinajstić information content (AvgIpc) is 2.46. The number of carbonyl (C=O) groups is 1. The molecule has 7 heteroatoms. The molecule has 0 saturated heterocycles. The Hall–Kier alpha value is -2.54. The van der Waals surface area contributed by atoms with Crippen LogP contribution in [0.3, 0.4) is 0 Å². The molecule has 0 amide bonds. The summed E-state index contributed by atoms with van der Waals surface area (Å²) in [6.07, 6.45) is 0. The normalized spacial score (nSPS) is 10.9. The van der Waals surface area contributed by atoms with E-state index in [-0.39, 0.29) is 10.5 Å². The van der Waals surface area contributed by atoms with Crippen LogP contribution in [0.15, 0.2) is 53.4 Å². The van der Waals surface area contributed by atoms with Crippen molar-refractivity contribution >= 4 is 27.4 Å². The predicted molar refractivity (Wildman–Crippen MR) is 79.4 cm³/mol. The fraction of sp³-hybridized carbons (Fsp3) is 0.0714. The smallest absolute Gasteiger partial charge is 0.337 e. The summed E-state index contributed by atoms with van der Waals surface area (Å²) in [7, 11) is -2.58. The van der Waals surface area contributed by atoms with E-state index in [4.69, 9.17) is 5.73 Å². The van der Waals surface area contributed by atoms with Crippen LogP contribution in [0.1, 0.15) is 10.4 Å². The standard InChI is InChI=1S/C14H14N2O4S/c1-20-14(17)10-4-2-7-13(8-10)21(18,19)16-12-6-3-5-11(15)9-12/h2-9,16H,15H2,1H3. The van der Waals surface area contributed by atoms with Crippen molar-refractivity contribution in [2.45, 2.75) is 4.90 Å². The number of nitrogens with one attached hydrogen (secondary N) is 1. The molecule has 0 bridgehead atoms. The number of hydrogen-bond acceptors (Lipinski definition) is 5. The van der Waals surface area contributed by atoms with Gasteiger partial charge in [-0.1, -0.05) is 12.1 Å². The quantitative estimate of drug-likeness (QED) is 0.663. The van der Waals surface area contributed by atoms with Gasteiger partial charge >= 0.3 is 5.97 Å². The summed E-state index contributed by atoms with van der Waals surface area (Å²) in [5, 5.41) is 0. The number of ether oxygens (including phenoxy) is 1. The zero-order valence-electron chi connectivity index (χ0n) is 11.2. The number of sulfonamides is 1. The van der Waals surface area contributed by atoms with Gasteiger partial charge in [0.15, 0.2) is 0 Å². The van der Waals surface area contributed by atoms with Gasteiger partial charge in [-0.3, -0.25) is 4.72 Å². The number of nitrogen functional groups attached to an aromatic ring is 1. The maximum Gasteiger partial charge on any atom is 0.337 e. The number of anilines is 2. The molecule has 0 saturated carbocycles. The van der Waals surface area contributed by atoms with Gasteiger partial charge in [0, 0.05) is 5.69 Å². The van der Waals surface area contributed by atoms with E-state index < -0.39 is 16.0 Å². The number of methoxy groups -OCH3 is 1. The summed E-state index contributed by atoms with van der Waals surface area (Å²) in [6.45, 7) is 0. The molecule has 0 fully saturated rings. The highest BCUT2D eigenvalue weighted by molar-refractivity contribution is 7.92. The van der Waals surface area contributed by atoms with Gasteiger partial charge < -0.3 is 10.5 Å². The Morgan fingerprint density at radius 1 is 1.14 bits per heavy atom. The highest BCUT2D eigenvalue weighted by atomic mass is 32.2. The van der Waals surface area contributed by atoms with Crippen molar-refractivity contribution in [3.63, 3.8) is 0 Å². The van der Waals surface area contributed by atoms with Crippen LogP contribution in [0.4, 0.5) is 11.4 Å². The van der Waals surface area contributed by atoms with E-state index in [2.05, 4.69) is 9.46 Å². The summed E-state index contributed by atoms with van der Waals surface area (Å²) in [5.74, 6) is -0.601. The number of nitrogens with two attached hydrogens (primary N) is 1. The lowest BCUT2D eigenvalue weighted by molar-refractivity contribution is 0.0600. The van der Waals surface area contributed by atoms with E-state index in [0.717, 1.165) is 0 Å². The third kappa shape index (κ3) is 3.51. The number of carbonyl (C=O) groups excluding carboxylic acids is 1. The Balaban J connectivity index is 2.33. The van der Waals surface area contributed by atoms with Crippen LogP contribution in [-0.4, -0.2) is 21.5 Å². The summed E-state index contributed by atoms with van der Waals surface area (Å²) < 4.78 is 31.5. The third-order valence-electron chi connectivity index (χ3n) is 2.70. The first-order valence-electron chi connectivity index (χ1n) is 5.99. The number of hydrogen-bond donors (Lipinski definition) is 2. The Morgan fingerprint density at radius 3 is 2.52 bits per heavy atom. The zero-order valence-corrected chi connectivity index (χ0v) is 12.1. The fourth-order valence-corrected chi connectivity index (χ4v) is 2.82. The van der Waals surface area contributed by atoms with Crippen LogP contribution in [0.5, 0.6) is 0 Å². The van der Waals surface area contributed by atoms with Crippen LogP contribution in [0.25, 0.3) is 0 Å². The summed E-state index contributed by atoms with van der Waals surface area (Å²) in [5.41, 5.74) is 6.55. The monoisotopic (exact) mass is 306 g/mol. The molecule has 2 aromatic carbocycles. The molecular formula is C14H14N2O4S. The van der Waals surface area contributed by atoms with E-state index in [9.17, 15) is 13.2 Å². The van der Waals surface area contributed by atoms with Crippen molar-refractivity contribution in [2.75, 3.05) is 17.6 Å². The molecule has 21 heavy (non-hydrogen) atoms. The average molecular weight is 306 g/mol. The summed E-state index contributed by atoms with van der Waals surface area (Å²) in [4.78, 5) is 11.4. The molecule has 2 aromatic rings. The molecule has 0 aliphatic heterocycles. The number of esters is 1. The topological polar surface area (TPSA) is 98.5 Å². The largest absolute Gasteiger partial charge is 0.465 e. The maximum absolute atomic E-state index is 12.3. The van der Waals surface area contributed by atoms with Crippen molar-refractivity contribution in [2.24, 2.45) is 0 Å². The van der Waals surface area contributed by atoms with Gasteiger partial charge in [0.05, 0.1) is 23.3 Å². The molecule has 0 atom stereocenters. The molecule has 2 rings (SSSR count). The second-order valence-corrected chi connectivity index (χ2v) is 5.93. The summed E-state index contributed by atoms with van der Waals surface area (Å²) >= 11 is 0. The first-order chi connectivity index (χ1) is 9.92. The van der Waals surface area contributed by atoms with Gasteiger partial charge in [0.1, 0.15) is 0 Å². The molecule has 0 heterocycles. The fourth-order valence-electron chi connectivity index (χ4n) is 1.72. The highest BCUT2D eigenvalue weighted by Crippen LogP contribution is 2.19. The van der Waals surface area contributed by atoms with Crippen LogP contribution in [0.2, 0.25) is 0 Å². The van der Waals surface area contributed by atoms with Crippen LogP contribution in [-0.2, 0) is 14.8 Å². The lowest BCUT2D eigenvalue weighted by atomic mass is 10.2. The molecule has 0 radical (unpaired) electrons. The molecule has 0 spiro atoms. The molecule has 110 valence electrons. The van der Waals surface area contributed by atoms with Crippen LogP contribution >= 0.6 is 0 Å². The Kier molecular flexibility index (Phi) is 4.13. The minimum atomic E-state index is -3.81. The van der Waals surface area contributed by atoms with Crippen molar-refractivity contribution < 1.29 is 17.9 Å². The van der Waals surface area contributed by atoms with Crippen molar-refractivity contribution in [1.29, 1.82) is 0 Å². The SMILES string of the molecule is COC(=O)c1cccc(S(=O)(=O)Nc2cccc(N)c2)c1. The van der Waals surface area contributed by atoms with Gasteiger partial charge in [-0.15, -0.1) is 0 Å². The lowest BCUT2D eigenvalue weighted by Gasteiger charge is -2.09. The van der Waals surface area contributed by atoms with Gasteiger partial charge in [0.25, 0.3) is 10.0 Å². The number of rotatable bonds is 4. The Morgan fingerprint density at radius 2 is 1.86 bits per heavy atom. The second-order valence-electron chi connectivity index (χ2n) is 4.25. The molecule has 6 nitrogen and oxygen atoms in total. The molecule has 0 aromatic heterocycles. The van der Waals surface area contributed by atoms with Crippen molar-refractivity contribution in [3.8, 4) is 0 Å². The van der Waals surface area contributed by atoms with Gasteiger partial charge in [0.2, 0.25) is 0 Å². The van der Waals surface area contributed by atoms with Crippen molar-refractivity contribution in [3.05, 3.63) is 54.1 Å². The van der Waals surface area contributed by atoms with Gasteiger partial charge in [-0.25, -0.2) is 13.2 Å². The van der Waals surface area contributed by atoms with E-state index in [1.165, 1.54) is 37.4 Å². The van der Waals surface area contributed by atoms with Gasteiger partial charge in [-0.05, 0) is 36.4 Å². The molecule has 0 unspecified atom stereocenters. The second kappa shape index (κ2) is 5.84. The Labute approximate surface area is 122 Å². The summed E-state index contributed by atoms with van der Waals surface area (Å²) in [6, 6.07) is 12.0.